The standard InChI is InChI=1S/C35H36Cl3N3O4S/c1-4-25(3)39-35(43)33(21-26-11-7-5-8-12-26)40(22-27-15-17-30(37)31(38)20-27)34(42)23-41(32-18-16-28(36)19-24(32)2)46(44,45)29-13-9-6-10-14-29/h5-20,25,33H,4,21-23H2,1-3H3,(H,39,43)/t25-,33+/m1/s1. The highest BCUT2D eigenvalue weighted by atomic mass is 35.5. The molecule has 0 saturated carbocycles. The van der Waals surface area contributed by atoms with Crippen molar-refractivity contribution in [1.29, 1.82) is 0 Å². The van der Waals surface area contributed by atoms with Gasteiger partial charge in [0.1, 0.15) is 12.6 Å². The summed E-state index contributed by atoms with van der Waals surface area (Å²) < 4.78 is 29.4. The van der Waals surface area contributed by atoms with E-state index in [4.69, 9.17) is 34.8 Å². The fraction of sp³-hybridized carbons (Fsp3) is 0.257. The van der Waals surface area contributed by atoms with Crippen LogP contribution in [0.2, 0.25) is 15.1 Å². The van der Waals surface area contributed by atoms with Crippen LogP contribution in [0.1, 0.15) is 37.0 Å². The third-order valence-electron chi connectivity index (χ3n) is 7.65. The summed E-state index contributed by atoms with van der Waals surface area (Å²) >= 11 is 18.8. The topological polar surface area (TPSA) is 86.8 Å². The number of hydrogen-bond donors (Lipinski definition) is 1. The molecule has 242 valence electrons. The first-order chi connectivity index (χ1) is 21.9. The number of rotatable bonds is 13. The minimum atomic E-state index is -4.23. The molecule has 0 heterocycles. The van der Waals surface area contributed by atoms with E-state index in [1.165, 1.54) is 17.0 Å². The minimum Gasteiger partial charge on any atom is -0.352 e. The van der Waals surface area contributed by atoms with Crippen molar-refractivity contribution >= 4 is 62.3 Å². The highest BCUT2D eigenvalue weighted by Crippen LogP contribution is 2.30. The van der Waals surface area contributed by atoms with Crippen LogP contribution in [-0.2, 0) is 32.6 Å². The van der Waals surface area contributed by atoms with Gasteiger partial charge in [0.25, 0.3) is 10.0 Å². The van der Waals surface area contributed by atoms with Gasteiger partial charge < -0.3 is 10.2 Å². The molecule has 0 unspecified atom stereocenters. The van der Waals surface area contributed by atoms with Crippen molar-refractivity contribution in [2.75, 3.05) is 10.8 Å². The molecule has 7 nitrogen and oxygen atoms in total. The predicted octanol–water partition coefficient (Wildman–Crippen LogP) is 7.71. The largest absolute Gasteiger partial charge is 0.352 e. The molecule has 11 heteroatoms. The second-order valence-corrected chi connectivity index (χ2v) is 14.2. The third-order valence-corrected chi connectivity index (χ3v) is 10.4. The molecule has 0 spiro atoms. The molecule has 0 saturated heterocycles. The number of carbonyl (C=O) groups is 2. The minimum absolute atomic E-state index is 0.0172. The summed E-state index contributed by atoms with van der Waals surface area (Å²) in [4.78, 5) is 30.0. The molecule has 0 fully saturated rings. The number of halogens is 3. The van der Waals surface area contributed by atoms with Crippen LogP contribution < -0.4 is 9.62 Å². The summed E-state index contributed by atoms with van der Waals surface area (Å²) in [6.07, 6.45) is 0.880. The molecule has 0 aliphatic rings. The molecule has 0 aliphatic carbocycles. The lowest BCUT2D eigenvalue weighted by molar-refractivity contribution is -0.140. The smallest absolute Gasteiger partial charge is 0.264 e. The Hall–Kier alpha value is -3.56. The Morgan fingerprint density at radius 2 is 1.48 bits per heavy atom. The Bertz CT molecular complexity index is 1770. The fourth-order valence-electron chi connectivity index (χ4n) is 4.96. The van der Waals surface area contributed by atoms with Crippen molar-refractivity contribution in [3.63, 3.8) is 0 Å². The van der Waals surface area contributed by atoms with Crippen molar-refractivity contribution in [2.45, 2.75) is 57.1 Å². The average molecular weight is 701 g/mol. The number of hydrogen-bond acceptors (Lipinski definition) is 4. The summed E-state index contributed by atoms with van der Waals surface area (Å²) in [5.74, 6) is -0.938. The van der Waals surface area contributed by atoms with Crippen molar-refractivity contribution in [3.05, 3.63) is 129 Å². The van der Waals surface area contributed by atoms with Crippen molar-refractivity contribution in [3.8, 4) is 0 Å². The van der Waals surface area contributed by atoms with Gasteiger partial charge in [-0.05, 0) is 79.4 Å². The van der Waals surface area contributed by atoms with E-state index in [9.17, 15) is 18.0 Å². The zero-order chi connectivity index (χ0) is 33.4. The van der Waals surface area contributed by atoms with Gasteiger partial charge >= 0.3 is 0 Å². The first kappa shape index (κ1) is 35.3. The van der Waals surface area contributed by atoms with E-state index < -0.39 is 28.5 Å². The van der Waals surface area contributed by atoms with E-state index in [0.717, 1.165) is 9.87 Å². The van der Waals surface area contributed by atoms with E-state index in [1.807, 2.05) is 44.2 Å². The molecule has 1 N–H and O–H groups in total. The maximum atomic E-state index is 14.6. The zero-order valence-corrected chi connectivity index (χ0v) is 28.9. The summed E-state index contributed by atoms with van der Waals surface area (Å²) in [5, 5.41) is 4.08. The highest BCUT2D eigenvalue weighted by molar-refractivity contribution is 7.92. The molecule has 4 aromatic rings. The number of nitrogens with zero attached hydrogens (tertiary/aromatic N) is 2. The second kappa shape index (κ2) is 15.8. The van der Waals surface area contributed by atoms with Crippen LogP contribution in [-0.4, -0.2) is 43.8 Å². The first-order valence-electron chi connectivity index (χ1n) is 14.8. The molecule has 0 aromatic heterocycles. The molecular weight excluding hydrogens is 665 g/mol. The average Bonchev–Trinajstić information content (AvgIpc) is 3.04. The van der Waals surface area contributed by atoms with E-state index in [1.54, 1.807) is 61.5 Å². The molecule has 0 aliphatic heterocycles. The highest BCUT2D eigenvalue weighted by Gasteiger charge is 2.35. The number of aryl methyl sites for hydroxylation is 1. The van der Waals surface area contributed by atoms with Crippen LogP contribution in [0, 0.1) is 6.92 Å². The lowest BCUT2D eigenvalue weighted by atomic mass is 10.0. The number of nitrogens with one attached hydrogen (secondary N) is 1. The maximum Gasteiger partial charge on any atom is 0.264 e. The van der Waals surface area contributed by atoms with Gasteiger partial charge in [0, 0.05) is 24.0 Å². The zero-order valence-electron chi connectivity index (χ0n) is 25.8. The quantitative estimate of drug-likeness (QED) is 0.155. The predicted molar refractivity (Wildman–Crippen MR) is 186 cm³/mol. The van der Waals surface area contributed by atoms with Gasteiger partial charge in [0.15, 0.2) is 0 Å². The van der Waals surface area contributed by atoms with Gasteiger partial charge in [-0.15, -0.1) is 0 Å². The fourth-order valence-corrected chi connectivity index (χ4v) is 7.01. The number of benzene rings is 4. The number of carbonyl (C=O) groups excluding carboxylic acids is 2. The van der Waals surface area contributed by atoms with Crippen molar-refractivity contribution in [1.82, 2.24) is 10.2 Å². The molecule has 4 rings (SSSR count). The van der Waals surface area contributed by atoms with Gasteiger partial charge in [-0.3, -0.25) is 13.9 Å². The van der Waals surface area contributed by atoms with Crippen LogP contribution in [0.5, 0.6) is 0 Å². The van der Waals surface area contributed by atoms with Crippen LogP contribution in [0.4, 0.5) is 5.69 Å². The van der Waals surface area contributed by atoms with E-state index in [-0.39, 0.29) is 29.8 Å². The van der Waals surface area contributed by atoms with Gasteiger partial charge in [-0.25, -0.2) is 8.42 Å². The molecule has 0 radical (unpaired) electrons. The Morgan fingerprint density at radius 3 is 2.09 bits per heavy atom. The van der Waals surface area contributed by atoms with Gasteiger partial charge in [0.2, 0.25) is 11.8 Å². The molecule has 2 atom stereocenters. The lowest BCUT2D eigenvalue weighted by Crippen LogP contribution is -2.54. The van der Waals surface area contributed by atoms with Gasteiger partial charge in [-0.1, -0.05) is 96.3 Å². The van der Waals surface area contributed by atoms with Crippen LogP contribution in [0.25, 0.3) is 0 Å². The molecule has 46 heavy (non-hydrogen) atoms. The SMILES string of the molecule is CC[C@@H](C)NC(=O)[C@H](Cc1ccccc1)N(Cc1ccc(Cl)c(Cl)c1)C(=O)CN(c1ccc(Cl)cc1C)S(=O)(=O)c1ccccc1. The maximum absolute atomic E-state index is 14.6. The number of sulfonamides is 1. The molecular formula is C35H36Cl3N3O4S. The Balaban J connectivity index is 1.84. The summed E-state index contributed by atoms with van der Waals surface area (Å²) in [5.41, 5.74) is 2.31. The molecule has 2 amide bonds. The first-order valence-corrected chi connectivity index (χ1v) is 17.4. The lowest BCUT2D eigenvalue weighted by Gasteiger charge is -2.34. The normalized spacial score (nSPS) is 12.7. The number of amides is 2. The summed E-state index contributed by atoms with van der Waals surface area (Å²) in [6, 6.07) is 25.9. The van der Waals surface area contributed by atoms with Crippen molar-refractivity contribution in [2.24, 2.45) is 0 Å². The number of anilines is 1. The third kappa shape index (κ3) is 8.82. The Kier molecular flexibility index (Phi) is 12.1. The van der Waals surface area contributed by atoms with Gasteiger partial charge in [-0.2, -0.15) is 0 Å². The molecule has 0 bridgehead atoms. The van der Waals surface area contributed by atoms with E-state index in [2.05, 4.69) is 5.32 Å². The summed E-state index contributed by atoms with van der Waals surface area (Å²) in [7, 11) is -4.23. The van der Waals surface area contributed by atoms with E-state index >= 15 is 0 Å². The van der Waals surface area contributed by atoms with Crippen LogP contribution >= 0.6 is 34.8 Å². The van der Waals surface area contributed by atoms with Crippen LogP contribution in [0.15, 0.2) is 102 Å². The van der Waals surface area contributed by atoms with Crippen LogP contribution in [0.3, 0.4) is 0 Å². The second-order valence-electron chi connectivity index (χ2n) is 11.0. The molecule has 4 aromatic carbocycles. The monoisotopic (exact) mass is 699 g/mol. The van der Waals surface area contributed by atoms with Gasteiger partial charge in [0.05, 0.1) is 20.6 Å². The summed E-state index contributed by atoms with van der Waals surface area (Å²) in [6.45, 7) is 4.96. The Labute approximate surface area is 286 Å². The van der Waals surface area contributed by atoms with Crippen molar-refractivity contribution < 1.29 is 18.0 Å². The Morgan fingerprint density at radius 1 is 0.826 bits per heavy atom. The van der Waals surface area contributed by atoms with E-state index in [0.29, 0.717) is 38.3 Å².